The minimum absolute atomic E-state index is 0. The molecule has 0 spiro atoms. The van der Waals surface area contributed by atoms with Gasteiger partial charge in [-0.15, -0.1) is 0 Å². The van der Waals surface area contributed by atoms with Gasteiger partial charge in [-0.05, 0) is 63.1 Å². The first kappa shape index (κ1) is 25.7. The summed E-state index contributed by atoms with van der Waals surface area (Å²) in [4.78, 5) is 29.9. The van der Waals surface area contributed by atoms with Gasteiger partial charge in [-0.2, -0.15) is 8.42 Å². The molecule has 0 aliphatic heterocycles. The third-order valence-corrected chi connectivity index (χ3v) is 6.61. The average Bonchev–Trinajstić information content (AvgIpc) is 2.86. The lowest BCUT2D eigenvalue weighted by molar-refractivity contribution is 0.0978. The summed E-state index contributed by atoms with van der Waals surface area (Å²) >= 11 is 0. The SMILES string of the molecule is COc1ncc(-c2ccc(C(=O)NS(=O)(=O)c3cccc(C)n3)c(Oc3c(C)cc(C)cc3C)n2)cn1.[HH].[HH]. The number of aryl methyl sites for hydroxylation is 4. The summed E-state index contributed by atoms with van der Waals surface area (Å²) < 4.78 is 38.9. The highest BCUT2D eigenvalue weighted by atomic mass is 32.2. The fourth-order valence-electron chi connectivity index (χ4n) is 3.73. The van der Waals surface area contributed by atoms with Gasteiger partial charge >= 0.3 is 6.01 Å². The van der Waals surface area contributed by atoms with Gasteiger partial charge in [0, 0.05) is 26.5 Å². The lowest BCUT2D eigenvalue weighted by Gasteiger charge is -2.16. The van der Waals surface area contributed by atoms with E-state index in [1.54, 1.807) is 25.1 Å². The molecule has 3 heterocycles. The molecule has 4 aromatic rings. The van der Waals surface area contributed by atoms with Crippen molar-refractivity contribution in [1.29, 1.82) is 0 Å². The molecular weight excluding hydrogens is 494 g/mol. The van der Waals surface area contributed by atoms with E-state index in [2.05, 4.69) is 24.7 Å². The maximum Gasteiger partial charge on any atom is 0.316 e. The van der Waals surface area contributed by atoms with Crippen molar-refractivity contribution in [1.82, 2.24) is 24.7 Å². The van der Waals surface area contributed by atoms with Gasteiger partial charge in [0.05, 0.1) is 12.8 Å². The molecule has 194 valence electrons. The van der Waals surface area contributed by atoms with Crippen LogP contribution in [0.2, 0.25) is 0 Å². The van der Waals surface area contributed by atoms with Gasteiger partial charge in [0.1, 0.15) is 11.3 Å². The predicted molar refractivity (Wildman–Crippen MR) is 140 cm³/mol. The number of benzene rings is 1. The third kappa shape index (κ3) is 5.72. The van der Waals surface area contributed by atoms with Crippen LogP contribution in [0.4, 0.5) is 0 Å². The van der Waals surface area contributed by atoms with E-state index in [4.69, 9.17) is 9.47 Å². The van der Waals surface area contributed by atoms with Crippen LogP contribution in [0, 0.1) is 27.7 Å². The Labute approximate surface area is 217 Å². The minimum atomic E-state index is -4.24. The Morgan fingerprint density at radius 1 is 0.946 bits per heavy atom. The smallest absolute Gasteiger partial charge is 0.316 e. The number of nitrogens with one attached hydrogen (secondary N) is 1. The van der Waals surface area contributed by atoms with Crippen molar-refractivity contribution in [3.63, 3.8) is 0 Å². The molecule has 1 amide bonds. The maximum absolute atomic E-state index is 13.2. The van der Waals surface area contributed by atoms with E-state index in [9.17, 15) is 13.2 Å². The Kier molecular flexibility index (Phi) is 7.16. The molecule has 3 aromatic heterocycles. The van der Waals surface area contributed by atoms with E-state index in [0.29, 0.717) is 22.7 Å². The number of methoxy groups -OCH3 is 1. The number of amides is 1. The summed E-state index contributed by atoms with van der Waals surface area (Å²) in [6.07, 6.45) is 3.04. The monoisotopic (exact) mass is 523 g/mol. The highest BCUT2D eigenvalue weighted by molar-refractivity contribution is 7.90. The average molecular weight is 524 g/mol. The van der Waals surface area contributed by atoms with Gasteiger partial charge in [-0.25, -0.2) is 24.7 Å². The molecule has 0 atom stereocenters. The molecule has 0 aliphatic carbocycles. The van der Waals surface area contributed by atoms with Gasteiger partial charge in [-0.1, -0.05) is 23.8 Å². The number of aromatic nitrogens is 4. The lowest BCUT2D eigenvalue weighted by atomic mass is 10.1. The molecular formula is C26H29N5O5S. The Morgan fingerprint density at radius 2 is 1.62 bits per heavy atom. The molecule has 4 rings (SSSR count). The largest absolute Gasteiger partial charge is 0.467 e. The fourth-order valence-corrected chi connectivity index (χ4v) is 4.71. The van der Waals surface area contributed by atoms with Crippen molar-refractivity contribution in [2.75, 3.05) is 7.11 Å². The second kappa shape index (κ2) is 10.3. The van der Waals surface area contributed by atoms with E-state index >= 15 is 0 Å². The molecule has 1 N–H and O–H groups in total. The molecule has 0 saturated carbocycles. The van der Waals surface area contributed by atoms with Crippen molar-refractivity contribution < 1.29 is 25.5 Å². The van der Waals surface area contributed by atoms with Crippen molar-refractivity contribution in [2.24, 2.45) is 0 Å². The van der Waals surface area contributed by atoms with Crippen LogP contribution in [0.25, 0.3) is 11.3 Å². The fraction of sp³-hybridized carbons (Fsp3) is 0.192. The van der Waals surface area contributed by atoms with Crippen molar-refractivity contribution in [2.45, 2.75) is 32.7 Å². The maximum atomic E-state index is 13.2. The normalized spacial score (nSPS) is 11.2. The Bertz CT molecular complexity index is 1580. The Balaban J connectivity index is 0.00000267. The number of carbonyl (C=O) groups is 1. The molecule has 0 aliphatic rings. The third-order valence-electron chi connectivity index (χ3n) is 5.38. The van der Waals surface area contributed by atoms with Crippen molar-refractivity contribution in [3.05, 3.63) is 82.8 Å². The van der Waals surface area contributed by atoms with Crippen LogP contribution in [0.5, 0.6) is 17.6 Å². The van der Waals surface area contributed by atoms with Gasteiger partial charge in [0.2, 0.25) is 5.88 Å². The van der Waals surface area contributed by atoms with Crippen LogP contribution in [-0.4, -0.2) is 41.4 Å². The summed E-state index contributed by atoms with van der Waals surface area (Å²) in [5, 5.41) is -0.270. The molecule has 0 bridgehead atoms. The predicted octanol–water partition coefficient (Wildman–Crippen LogP) is 4.58. The van der Waals surface area contributed by atoms with Crippen molar-refractivity contribution in [3.8, 4) is 28.9 Å². The molecule has 0 radical (unpaired) electrons. The Hall–Kier alpha value is -4.38. The standard InChI is InChI=1S/C26H25N5O5S.2H2/c1-15-11-16(2)23(17(3)12-15)36-25-20(9-10-21(30-25)19-13-27-26(35-5)28-14-19)24(32)31-37(33,34)22-8-6-7-18(4)29-22;;/h6-14H,1-5H3,(H,31,32);2*1H. The zero-order valence-electron chi connectivity index (χ0n) is 20.9. The van der Waals surface area contributed by atoms with E-state index in [-0.39, 0.29) is 25.3 Å². The summed E-state index contributed by atoms with van der Waals surface area (Å²) in [5.41, 5.74) is 4.10. The highest BCUT2D eigenvalue weighted by Crippen LogP contribution is 2.32. The number of pyridine rings is 2. The molecule has 0 fully saturated rings. The number of hydrogen-bond acceptors (Lipinski definition) is 9. The number of sulfonamides is 1. The van der Waals surface area contributed by atoms with Gasteiger partial charge in [0.15, 0.2) is 5.03 Å². The van der Waals surface area contributed by atoms with Gasteiger partial charge in [-0.3, -0.25) is 4.79 Å². The second-order valence-corrected chi connectivity index (χ2v) is 10.0. The second-order valence-electron chi connectivity index (χ2n) is 8.39. The van der Waals surface area contributed by atoms with Crippen LogP contribution in [-0.2, 0) is 10.0 Å². The number of ether oxygens (including phenoxy) is 2. The lowest BCUT2D eigenvalue weighted by Crippen LogP contribution is -2.31. The first-order chi connectivity index (χ1) is 17.6. The highest BCUT2D eigenvalue weighted by Gasteiger charge is 2.25. The number of hydrogen-bond donors (Lipinski definition) is 1. The molecule has 0 unspecified atom stereocenters. The number of carbonyl (C=O) groups excluding carboxylic acids is 1. The van der Waals surface area contributed by atoms with E-state index < -0.39 is 15.9 Å². The van der Waals surface area contributed by atoms with Crippen LogP contribution >= 0.6 is 0 Å². The molecule has 37 heavy (non-hydrogen) atoms. The topological polar surface area (TPSA) is 133 Å². The molecule has 10 nitrogen and oxygen atoms in total. The van der Waals surface area contributed by atoms with Crippen LogP contribution in [0.15, 0.2) is 59.9 Å². The minimum Gasteiger partial charge on any atom is -0.467 e. The van der Waals surface area contributed by atoms with E-state index in [0.717, 1.165) is 16.7 Å². The molecule has 1 aromatic carbocycles. The summed E-state index contributed by atoms with van der Waals surface area (Å²) in [6.45, 7) is 7.38. The van der Waals surface area contributed by atoms with E-state index in [1.807, 2.05) is 32.9 Å². The zero-order chi connectivity index (χ0) is 26.7. The van der Waals surface area contributed by atoms with Gasteiger partial charge in [0.25, 0.3) is 15.9 Å². The first-order valence-corrected chi connectivity index (χ1v) is 12.7. The van der Waals surface area contributed by atoms with Crippen molar-refractivity contribution >= 4 is 15.9 Å². The molecule has 11 heteroatoms. The quantitative estimate of drug-likeness (QED) is 0.369. The number of rotatable bonds is 7. The Morgan fingerprint density at radius 3 is 2.24 bits per heavy atom. The summed E-state index contributed by atoms with van der Waals surface area (Å²) in [7, 11) is -2.78. The molecule has 0 saturated heterocycles. The summed E-state index contributed by atoms with van der Waals surface area (Å²) in [5.74, 6) is -0.475. The van der Waals surface area contributed by atoms with Crippen LogP contribution in [0.3, 0.4) is 0 Å². The zero-order valence-corrected chi connectivity index (χ0v) is 21.8. The van der Waals surface area contributed by atoms with Crippen LogP contribution in [0.1, 0.15) is 35.6 Å². The number of nitrogens with zero attached hydrogens (tertiary/aromatic N) is 4. The van der Waals surface area contributed by atoms with Crippen LogP contribution < -0.4 is 14.2 Å². The van der Waals surface area contributed by atoms with Gasteiger partial charge < -0.3 is 9.47 Å². The first-order valence-electron chi connectivity index (χ1n) is 11.2. The van der Waals surface area contributed by atoms with E-state index in [1.165, 1.54) is 31.6 Å². The summed E-state index contributed by atoms with van der Waals surface area (Å²) in [6, 6.07) is 11.6.